The number of nitrogens with one attached hydrogen (secondary N) is 1. The van der Waals surface area contributed by atoms with Crippen LogP contribution in [-0.2, 0) is 4.79 Å². The maximum absolute atomic E-state index is 10.8. The molecule has 0 aromatic rings. The lowest BCUT2D eigenvalue weighted by Gasteiger charge is -2.48. The molecule has 3 aliphatic rings. The fourth-order valence-corrected chi connectivity index (χ4v) is 1.66. The second-order valence-electron chi connectivity index (χ2n) is 3.19. The number of piperidine rings is 2. The molecule has 3 N–H and O–H groups in total. The highest BCUT2D eigenvalue weighted by Gasteiger charge is 2.48. The van der Waals surface area contributed by atoms with Crippen molar-refractivity contribution >= 4 is 18.3 Å². The largest absolute Gasteiger partial charge is 0.354 e. The molecule has 3 fully saturated rings. The first-order valence-electron chi connectivity index (χ1n) is 3.26. The Hall–Kier alpha value is -0.280. The summed E-state index contributed by atoms with van der Waals surface area (Å²) in [6, 6.07) is 0. The van der Waals surface area contributed by atoms with Gasteiger partial charge in [-0.3, -0.25) is 4.79 Å². The Morgan fingerprint density at radius 3 is 2.50 bits per heavy atom. The number of rotatable bonds is 0. The van der Waals surface area contributed by atoms with E-state index in [1.165, 1.54) is 0 Å². The molecular formula is C6H11ClN2O. The van der Waals surface area contributed by atoms with Gasteiger partial charge in [0.1, 0.15) is 0 Å². The molecule has 4 heteroatoms. The number of carbonyl (C=O) groups is 1. The van der Waals surface area contributed by atoms with Crippen LogP contribution in [0.2, 0.25) is 0 Å². The molecule has 0 unspecified atom stereocenters. The first-order chi connectivity index (χ1) is 4.20. The lowest BCUT2D eigenvalue weighted by atomic mass is 9.66. The first kappa shape index (κ1) is 7.82. The second-order valence-corrected chi connectivity index (χ2v) is 3.19. The van der Waals surface area contributed by atoms with Gasteiger partial charge in [-0.15, -0.1) is 12.4 Å². The quantitative estimate of drug-likeness (QED) is 0.512. The van der Waals surface area contributed by atoms with Crippen molar-refractivity contribution in [2.75, 3.05) is 6.54 Å². The van der Waals surface area contributed by atoms with E-state index in [0.717, 1.165) is 12.8 Å². The maximum atomic E-state index is 10.8. The summed E-state index contributed by atoms with van der Waals surface area (Å²) in [7, 11) is 0. The van der Waals surface area contributed by atoms with Gasteiger partial charge in [0.25, 0.3) is 0 Å². The Morgan fingerprint density at radius 2 is 2.20 bits per heavy atom. The molecule has 1 saturated carbocycles. The molecular weight excluding hydrogens is 152 g/mol. The van der Waals surface area contributed by atoms with Crippen molar-refractivity contribution in [2.24, 2.45) is 11.7 Å². The average Bonchev–Trinajstić information content (AvgIpc) is 1.73. The Labute approximate surface area is 65.8 Å². The molecule has 0 aromatic carbocycles. The molecule has 0 aromatic heterocycles. The number of fused-ring (bicyclic) bond motifs is 2. The lowest BCUT2D eigenvalue weighted by molar-refractivity contribution is -0.134. The minimum absolute atomic E-state index is 0. The third kappa shape index (κ3) is 0.896. The summed E-state index contributed by atoms with van der Waals surface area (Å²) in [6.45, 7) is 0.683. The van der Waals surface area contributed by atoms with Crippen LogP contribution in [0.25, 0.3) is 0 Å². The maximum Gasteiger partial charge on any atom is 0.223 e. The zero-order valence-electron chi connectivity index (χ0n) is 5.59. The van der Waals surface area contributed by atoms with E-state index in [2.05, 4.69) is 5.32 Å². The van der Waals surface area contributed by atoms with Crippen molar-refractivity contribution < 1.29 is 4.79 Å². The topological polar surface area (TPSA) is 55.1 Å². The lowest BCUT2D eigenvalue weighted by Crippen LogP contribution is -2.67. The van der Waals surface area contributed by atoms with Crippen LogP contribution in [0, 0.1) is 5.92 Å². The van der Waals surface area contributed by atoms with Gasteiger partial charge in [-0.05, 0) is 12.8 Å². The molecule has 0 spiro atoms. The minimum Gasteiger partial charge on any atom is -0.354 e. The van der Waals surface area contributed by atoms with Gasteiger partial charge in [-0.2, -0.15) is 0 Å². The molecule has 0 radical (unpaired) electrons. The number of carbonyl (C=O) groups excluding carboxylic acids is 1. The van der Waals surface area contributed by atoms with Crippen LogP contribution in [-0.4, -0.2) is 18.0 Å². The number of amides is 1. The van der Waals surface area contributed by atoms with Gasteiger partial charge in [-0.1, -0.05) is 0 Å². The van der Waals surface area contributed by atoms with Gasteiger partial charge < -0.3 is 11.1 Å². The molecule has 2 saturated heterocycles. The molecule has 10 heavy (non-hydrogen) atoms. The fraction of sp³-hybridized carbons (Fsp3) is 0.833. The first-order valence-corrected chi connectivity index (χ1v) is 3.26. The predicted octanol–water partition coefficient (Wildman–Crippen LogP) is -0.355. The van der Waals surface area contributed by atoms with Crippen LogP contribution < -0.4 is 11.1 Å². The number of hydrogen-bond donors (Lipinski definition) is 2. The van der Waals surface area contributed by atoms with E-state index < -0.39 is 0 Å². The van der Waals surface area contributed by atoms with Crippen LogP contribution in [0.3, 0.4) is 0 Å². The fourth-order valence-electron chi connectivity index (χ4n) is 1.66. The average molecular weight is 163 g/mol. The SMILES string of the molecule is Cl.NC12CNC(=O)C(C1)C2. The number of halogens is 1. The standard InChI is InChI=1S/C6H10N2O.ClH/c7-6-1-4(2-6)5(9)8-3-6;/h4H,1-3,7H2,(H,8,9);1H. The Bertz CT molecular complexity index is 160. The van der Waals surface area contributed by atoms with Gasteiger partial charge in [0, 0.05) is 18.0 Å². The predicted molar refractivity (Wildman–Crippen MR) is 39.9 cm³/mol. The van der Waals surface area contributed by atoms with Crippen LogP contribution in [0.15, 0.2) is 0 Å². The Kier molecular flexibility index (Phi) is 1.65. The molecule has 1 amide bonds. The van der Waals surface area contributed by atoms with Gasteiger partial charge in [0.05, 0.1) is 0 Å². The van der Waals surface area contributed by atoms with E-state index in [4.69, 9.17) is 5.73 Å². The van der Waals surface area contributed by atoms with E-state index in [1.807, 2.05) is 0 Å². The van der Waals surface area contributed by atoms with Crippen LogP contribution in [0.1, 0.15) is 12.8 Å². The third-order valence-corrected chi connectivity index (χ3v) is 2.29. The summed E-state index contributed by atoms with van der Waals surface area (Å²) in [6.07, 6.45) is 1.80. The van der Waals surface area contributed by atoms with E-state index in [-0.39, 0.29) is 29.8 Å². The van der Waals surface area contributed by atoms with Crippen molar-refractivity contribution in [3.8, 4) is 0 Å². The highest BCUT2D eigenvalue weighted by Crippen LogP contribution is 2.38. The van der Waals surface area contributed by atoms with Gasteiger partial charge in [-0.25, -0.2) is 0 Å². The summed E-state index contributed by atoms with van der Waals surface area (Å²) in [5.41, 5.74) is 5.76. The summed E-state index contributed by atoms with van der Waals surface area (Å²) in [5, 5.41) is 2.76. The molecule has 58 valence electrons. The van der Waals surface area contributed by atoms with Crippen LogP contribution in [0.4, 0.5) is 0 Å². The highest BCUT2D eigenvalue weighted by atomic mass is 35.5. The van der Waals surface area contributed by atoms with Crippen molar-refractivity contribution in [3.05, 3.63) is 0 Å². The Balaban J connectivity index is 0.000000500. The van der Waals surface area contributed by atoms with Crippen molar-refractivity contribution in [1.29, 1.82) is 0 Å². The summed E-state index contributed by atoms with van der Waals surface area (Å²) >= 11 is 0. The summed E-state index contributed by atoms with van der Waals surface area (Å²) in [4.78, 5) is 10.8. The van der Waals surface area contributed by atoms with Gasteiger partial charge >= 0.3 is 0 Å². The molecule has 0 atom stereocenters. The Morgan fingerprint density at radius 1 is 1.60 bits per heavy atom. The van der Waals surface area contributed by atoms with E-state index in [0.29, 0.717) is 6.54 Å². The summed E-state index contributed by atoms with van der Waals surface area (Å²) in [5.74, 6) is 0.436. The molecule has 3 nitrogen and oxygen atoms in total. The zero-order chi connectivity index (χ0) is 6.48. The number of nitrogens with two attached hydrogens (primary N) is 1. The van der Waals surface area contributed by atoms with E-state index in [1.54, 1.807) is 0 Å². The zero-order valence-corrected chi connectivity index (χ0v) is 6.41. The second kappa shape index (κ2) is 2.10. The highest BCUT2D eigenvalue weighted by molar-refractivity contribution is 5.85. The summed E-state index contributed by atoms with van der Waals surface area (Å²) < 4.78 is 0. The van der Waals surface area contributed by atoms with Crippen LogP contribution >= 0.6 is 12.4 Å². The molecule has 2 bridgehead atoms. The molecule has 1 aliphatic carbocycles. The van der Waals surface area contributed by atoms with Gasteiger partial charge in [0.2, 0.25) is 5.91 Å². The van der Waals surface area contributed by atoms with Gasteiger partial charge in [0.15, 0.2) is 0 Å². The number of hydrogen-bond acceptors (Lipinski definition) is 2. The van der Waals surface area contributed by atoms with Crippen molar-refractivity contribution in [3.63, 3.8) is 0 Å². The van der Waals surface area contributed by atoms with Crippen LogP contribution in [0.5, 0.6) is 0 Å². The van der Waals surface area contributed by atoms with Crippen molar-refractivity contribution in [2.45, 2.75) is 18.4 Å². The van der Waals surface area contributed by atoms with Crippen molar-refractivity contribution in [1.82, 2.24) is 5.32 Å². The minimum atomic E-state index is -0.0292. The van der Waals surface area contributed by atoms with E-state index in [9.17, 15) is 4.79 Å². The normalized spacial score (nSPS) is 42.9. The molecule has 2 heterocycles. The molecule has 3 rings (SSSR count). The monoisotopic (exact) mass is 162 g/mol. The smallest absolute Gasteiger partial charge is 0.223 e. The molecule has 2 aliphatic heterocycles. The van der Waals surface area contributed by atoms with E-state index >= 15 is 0 Å². The third-order valence-electron chi connectivity index (χ3n) is 2.29.